The molecule has 3 N–H and O–H groups in total. The molecule has 0 bridgehead atoms. The van der Waals surface area contributed by atoms with E-state index in [1.807, 2.05) is 24.3 Å². The van der Waals surface area contributed by atoms with Gasteiger partial charge in [0, 0.05) is 19.9 Å². The fraction of sp³-hybridized carbons (Fsp3) is 0.348. The van der Waals surface area contributed by atoms with Crippen molar-refractivity contribution in [1.29, 1.82) is 0 Å². The molecule has 1 fully saturated rings. The molecule has 0 radical (unpaired) electrons. The molecule has 3 atom stereocenters. The van der Waals surface area contributed by atoms with Gasteiger partial charge in [-0.1, -0.05) is 47.5 Å². The number of cyclic esters (lactones) is 1. The molecule has 3 aromatic rings. The molecule has 1 aromatic carbocycles. The van der Waals surface area contributed by atoms with E-state index in [-0.39, 0.29) is 12.3 Å². The summed E-state index contributed by atoms with van der Waals surface area (Å²) in [7, 11) is 0. The number of aromatic nitrogens is 1. The van der Waals surface area contributed by atoms with Crippen LogP contribution in [0.4, 0.5) is 4.79 Å². The molecule has 0 saturated carbocycles. The number of rotatable bonds is 5. The number of H-pyrrole nitrogens is 1. The standard InChI is InChI=1S/C23H21Cl2N3O6S/c1-23(2)33-13(21(30)34-23)8-15(29)27-18-11-6-4-3-5-10(11)7-12(18)26-22(31)32-16-9-14-19(28-16)17(24)20(25)35-14/h3-6,9,12-13,18,28H,7-8H2,1-2H3,(H,26,31)(H,27,29)/t12-,13-,18-/m1/s1. The van der Waals surface area contributed by atoms with Gasteiger partial charge in [-0.05, 0) is 17.5 Å². The van der Waals surface area contributed by atoms with E-state index in [2.05, 4.69) is 15.6 Å². The third kappa shape index (κ3) is 4.84. The van der Waals surface area contributed by atoms with E-state index in [9.17, 15) is 14.4 Å². The Morgan fingerprint density at radius 3 is 2.74 bits per heavy atom. The second-order valence-electron chi connectivity index (χ2n) is 8.78. The molecule has 1 aliphatic heterocycles. The van der Waals surface area contributed by atoms with Gasteiger partial charge in [-0.15, -0.1) is 11.3 Å². The second kappa shape index (κ2) is 9.02. The number of ether oxygens (including phenoxy) is 3. The first kappa shape index (κ1) is 23.9. The van der Waals surface area contributed by atoms with Crippen LogP contribution in [0.5, 0.6) is 5.88 Å². The van der Waals surface area contributed by atoms with E-state index in [4.69, 9.17) is 37.4 Å². The Kier molecular flexibility index (Phi) is 6.16. The van der Waals surface area contributed by atoms with Gasteiger partial charge in [-0.3, -0.25) is 4.79 Å². The zero-order valence-electron chi connectivity index (χ0n) is 18.6. The predicted octanol–water partition coefficient (Wildman–Crippen LogP) is 4.48. The first-order valence-corrected chi connectivity index (χ1v) is 12.4. The molecule has 2 amide bonds. The van der Waals surface area contributed by atoms with Crippen LogP contribution < -0.4 is 15.4 Å². The number of carbonyl (C=O) groups excluding carboxylic acids is 3. The molecule has 2 aromatic heterocycles. The lowest BCUT2D eigenvalue weighted by molar-refractivity contribution is -0.160. The van der Waals surface area contributed by atoms with Crippen LogP contribution in [0.1, 0.15) is 37.4 Å². The van der Waals surface area contributed by atoms with Crippen LogP contribution in [0, 0.1) is 0 Å². The number of aromatic amines is 1. The van der Waals surface area contributed by atoms with Gasteiger partial charge >= 0.3 is 12.1 Å². The average molecular weight is 538 g/mol. The van der Waals surface area contributed by atoms with Gasteiger partial charge in [0.25, 0.3) is 0 Å². The van der Waals surface area contributed by atoms with Crippen LogP contribution in [-0.4, -0.2) is 40.9 Å². The van der Waals surface area contributed by atoms with Crippen molar-refractivity contribution in [3.63, 3.8) is 0 Å². The summed E-state index contributed by atoms with van der Waals surface area (Å²) in [6.07, 6.45) is -1.38. The van der Waals surface area contributed by atoms with Crippen LogP contribution in [-0.2, 0) is 25.5 Å². The maximum atomic E-state index is 12.8. The van der Waals surface area contributed by atoms with Gasteiger partial charge in [-0.25, -0.2) is 9.59 Å². The lowest BCUT2D eigenvalue weighted by atomic mass is 10.1. The summed E-state index contributed by atoms with van der Waals surface area (Å²) in [5, 5.41) is 6.13. The molecule has 35 heavy (non-hydrogen) atoms. The van der Waals surface area contributed by atoms with Crippen LogP contribution in [0.15, 0.2) is 30.3 Å². The molecule has 2 aliphatic rings. The first-order valence-electron chi connectivity index (χ1n) is 10.8. The number of carbonyl (C=O) groups is 3. The minimum atomic E-state index is -1.07. The quantitative estimate of drug-likeness (QED) is 0.413. The molecule has 1 saturated heterocycles. The average Bonchev–Trinajstić information content (AvgIpc) is 3.46. The molecule has 184 valence electrons. The van der Waals surface area contributed by atoms with Crippen molar-refractivity contribution in [2.24, 2.45) is 0 Å². The van der Waals surface area contributed by atoms with Crippen LogP contribution >= 0.6 is 34.5 Å². The van der Waals surface area contributed by atoms with Crippen molar-refractivity contribution in [3.05, 3.63) is 50.8 Å². The Morgan fingerprint density at radius 1 is 1.26 bits per heavy atom. The molecule has 0 spiro atoms. The van der Waals surface area contributed by atoms with Gasteiger partial charge in [0.1, 0.15) is 4.34 Å². The normalized spacial score (nSPS) is 22.6. The van der Waals surface area contributed by atoms with Crippen LogP contribution in [0.25, 0.3) is 10.2 Å². The van der Waals surface area contributed by atoms with E-state index < -0.39 is 41.9 Å². The molecule has 5 rings (SSSR count). The summed E-state index contributed by atoms with van der Waals surface area (Å²) < 4.78 is 17.3. The van der Waals surface area contributed by atoms with Crippen molar-refractivity contribution < 1.29 is 28.6 Å². The second-order valence-corrected chi connectivity index (χ2v) is 10.8. The maximum Gasteiger partial charge on any atom is 0.414 e. The number of hydrogen-bond donors (Lipinski definition) is 3. The number of thiophene rings is 1. The topological polar surface area (TPSA) is 119 Å². The minimum absolute atomic E-state index is 0.194. The van der Waals surface area contributed by atoms with Crippen LogP contribution in [0.2, 0.25) is 9.36 Å². The Morgan fingerprint density at radius 2 is 2.03 bits per heavy atom. The molecule has 9 nitrogen and oxygen atoms in total. The van der Waals surface area contributed by atoms with E-state index in [0.29, 0.717) is 21.3 Å². The number of halogens is 2. The highest BCUT2D eigenvalue weighted by atomic mass is 35.5. The molecule has 0 unspecified atom stereocenters. The third-order valence-electron chi connectivity index (χ3n) is 5.81. The Balaban J connectivity index is 1.27. The summed E-state index contributed by atoms with van der Waals surface area (Å²) in [6, 6.07) is 8.24. The van der Waals surface area contributed by atoms with Gasteiger partial charge in [0.15, 0.2) is 6.10 Å². The van der Waals surface area contributed by atoms with E-state index in [1.165, 1.54) is 11.3 Å². The fourth-order valence-electron chi connectivity index (χ4n) is 4.39. The van der Waals surface area contributed by atoms with Gasteiger partial charge in [0.2, 0.25) is 17.6 Å². The predicted molar refractivity (Wildman–Crippen MR) is 130 cm³/mol. The fourth-order valence-corrected chi connectivity index (χ4v) is 5.86. The Hall–Kier alpha value is -2.79. The number of esters is 1. The number of nitrogens with one attached hydrogen (secondary N) is 3. The highest BCUT2D eigenvalue weighted by Crippen LogP contribution is 2.40. The van der Waals surface area contributed by atoms with Crippen molar-refractivity contribution in [3.8, 4) is 5.88 Å². The SMILES string of the molecule is CC1(C)OC(=O)[C@@H](CC(=O)N[C@@H]2c3ccccc3C[C@H]2NC(=O)Oc2cc3sc(Cl)c(Cl)c3[nH]2)O1. The molecular formula is C23H21Cl2N3O6S. The lowest BCUT2D eigenvalue weighted by Crippen LogP contribution is -2.46. The molecule has 12 heteroatoms. The lowest BCUT2D eigenvalue weighted by Gasteiger charge is -2.23. The highest BCUT2D eigenvalue weighted by Gasteiger charge is 2.43. The smallest absolute Gasteiger partial charge is 0.414 e. The first-order chi connectivity index (χ1) is 16.6. The summed E-state index contributed by atoms with van der Waals surface area (Å²) in [6.45, 7) is 3.22. The summed E-state index contributed by atoms with van der Waals surface area (Å²) in [5.74, 6) is -1.83. The van der Waals surface area contributed by atoms with Crippen molar-refractivity contribution in [1.82, 2.24) is 15.6 Å². The summed E-state index contributed by atoms with van der Waals surface area (Å²) in [5.41, 5.74) is 2.46. The molecular weight excluding hydrogens is 517 g/mol. The number of benzene rings is 1. The number of hydrogen-bond acceptors (Lipinski definition) is 7. The monoisotopic (exact) mass is 537 g/mol. The Labute approximate surface area is 214 Å². The van der Waals surface area contributed by atoms with Gasteiger partial charge in [-0.2, -0.15) is 0 Å². The maximum absolute atomic E-state index is 12.8. The van der Waals surface area contributed by atoms with E-state index in [0.717, 1.165) is 15.8 Å². The van der Waals surface area contributed by atoms with Gasteiger partial charge < -0.3 is 29.8 Å². The molecule has 1 aliphatic carbocycles. The van der Waals surface area contributed by atoms with Crippen molar-refractivity contribution in [2.75, 3.05) is 0 Å². The zero-order chi connectivity index (χ0) is 24.9. The van der Waals surface area contributed by atoms with Crippen molar-refractivity contribution in [2.45, 2.75) is 50.7 Å². The number of fused-ring (bicyclic) bond motifs is 2. The third-order valence-corrected chi connectivity index (χ3v) is 7.74. The van der Waals surface area contributed by atoms with E-state index in [1.54, 1.807) is 19.9 Å². The summed E-state index contributed by atoms with van der Waals surface area (Å²) in [4.78, 5) is 40.4. The zero-order valence-corrected chi connectivity index (χ0v) is 21.0. The Bertz CT molecular complexity index is 1340. The van der Waals surface area contributed by atoms with Gasteiger partial charge in [0.05, 0.1) is 33.7 Å². The molecule has 3 heterocycles. The number of amides is 2. The van der Waals surface area contributed by atoms with Crippen LogP contribution in [0.3, 0.4) is 0 Å². The van der Waals surface area contributed by atoms with E-state index >= 15 is 0 Å². The minimum Gasteiger partial charge on any atom is -0.432 e. The summed E-state index contributed by atoms with van der Waals surface area (Å²) >= 11 is 13.4. The van der Waals surface area contributed by atoms with Crippen molar-refractivity contribution >= 4 is 62.7 Å². The largest absolute Gasteiger partial charge is 0.432 e. The highest BCUT2D eigenvalue weighted by molar-refractivity contribution is 7.23.